The number of fused-ring (bicyclic) bond motifs is 1. The Balaban J connectivity index is 1.86. The molecular weight excluding hydrogens is 464 g/mol. The number of esters is 2. The number of benzene rings is 2. The van der Waals surface area contributed by atoms with E-state index in [-0.39, 0.29) is 11.1 Å². The molecule has 0 aliphatic carbocycles. The van der Waals surface area contributed by atoms with Crippen molar-refractivity contribution in [1.29, 1.82) is 0 Å². The molecule has 1 atom stereocenters. The third-order valence-electron chi connectivity index (χ3n) is 5.79. The van der Waals surface area contributed by atoms with Crippen LogP contribution >= 0.6 is 11.3 Å². The molecule has 0 saturated carbocycles. The molecule has 0 amide bonds. The number of hydrogen-bond donors (Lipinski definition) is 0. The predicted molar refractivity (Wildman–Crippen MR) is 134 cm³/mol. The molecule has 8 heteroatoms. The van der Waals surface area contributed by atoms with Crippen molar-refractivity contribution in [2.24, 2.45) is 4.99 Å². The summed E-state index contributed by atoms with van der Waals surface area (Å²) in [5.41, 5.74) is 3.33. The van der Waals surface area contributed by atoms with E-state index in [0.29, 0.717) is 32.3 Å². The monoisotopic (exact) mass is 490 g/mol. The van der Waals surface area contributed by atoms with Crippen molar-refractivity contribution in [3.05, 3.63) is 96.2 Å². The fraction of sp³-hybridized carbons (Fsp3) is 0.259. The lowest BCUT2D eigenvalue weighted by atomic mass is 9.96. The SMILES string of the molecule is COC(=O)C1=C(C)N=c2s/c(=C/c3ccc(C(C)C)cc3)c(=O)n2[C@H]1c1ccc(OC(C)=O)cc1. The summed E-state index contributed by atoms with van der Waals surface area (Å²) >= 11 is 1.27. The number of aromatic nitrogens is 1. The largest absolute Gasteiger partial charge is 0.466 e. The topological polar surface area (TPSA) is 87.0 Å². The molecule has 7 nitrogen and oxygen atoms in total. The second-order valence-electron chi connectivity index (χ2n) is 8.56. The number of allylic oxidation sites excluding steroid dienone is 1. The lowest BCUT2D eigenvalue weighted by Crippen LogP contribution is -2.39. The molecule has 0 saturated heterocycles. The molecule has 35 heavy (non-hydrogen) atoms. The summed E-state index contributed by atoms with van der Waals surface area (Å²) in [6, 6.07) is 14.1. The zero-order chi connectivity index (χ0) is 25.3. The Morgan fingerprint density at radius 3 is 2.31 bits per heavy atom. The lowest BCUT2D eigenvalue weighted by molar-refractivity contribution is -0.136. The molecule has 1 aromatic heterocycles. The molecule has 0 radical (unpaired) electrons. The van der Waals surface area contributed by atoms with Gasteiger partial charge in [-0.1, -0.05) is 61.6 Å². The zero-order valence-corrected chi connectivity index (χ0v) is 21.0. The predicted octanol–water partition coefficient (Wildman–Crippen LogP) is 3.46. The molecule has 2 aromatic carbocycles. The van der Waals surface area contributed by atoms with Crippen LogP contribution in [0, 0.1) is 0 Å². The van der Waals surface area contributed by atoms with E-state index in [4.69, 9.17) is 9.47 Å². The van der Waals surface area contributed by atoms with E-state index in [2.05, 4.69) is 31.0 Å². The van der Waals surface area contributed by atoms with Crippen LogP contribution < -0.4 is 19.6 Å². The van der Waals surface area contributed by atoms with Crippen molar-refractivity contribution in [2.75, 3.05) is 7.11 Å². The first kappa shape index (κ1) is 24.3. The molecule has 0 spiro atoms. The third kappa shape index (κ3) is 4.88. The van der Waals surface area contributed by atoms with Crippen LogP contribution in [-0.4, -0.2) is 23.6 Å². The van der Waals surface area contributed by atoms with E-state index in [1.54, 1.807) is 31.2 Å². The summed E-state index contributed by atoms with van der Waals surface area (Å²) in [5, 5.41) is 0. The average Bonchev–Trinajstić information content (AvgIpc) is 3.12. The van der Waals surface area contributed by atoms with Gasteiger partial charge in [-0.05, 0) is 47.7 Å². The van der Waals surface area contributed by atoms with Crippen molar-refractivity contribution in [3.8, 4) is 5.75 Å². The highest BCUT2D eigenvalue weighted by atomic mass is 32.1. The number of carbonyl (C=O) groups excluding carboxylic acids is 2. The van der Waals surface area contributed by atoms with Crippen molar-refractivity contribution >= 4 is 29.4 Å². The Morgan fingerprint density at radius 1 is 1.09 bits per heavy atom. The summed E-state index contributed by atoms with van der Waals surface area (Å²) in [5.74, 6) is -0.197. The van der Waals surface area contributed by atoms with Gasteiger partial charge in [-0.15, -0.1) is 0 Å². The highest BCUT2D eigenvalue weighted by Crippen LogP contribution is 2.31. The molecule has 4 rings (SSSR count). The number of rotatable bonds is 5. The van der Waals surface area contributed by atoms with Crippen LogP contribution in [0.3, 0.4) is 0 Å². The van der Waals surface area contributed by atoms with Gasteiger partial charge in [0.05, 0.1) is 29.0 Å². The van der Waals surface area contributed by atoms with Gasteiger partial charge in [0.25, 0.3) is 5.56 Å². The van der Waals surface area contributed by atoms with Crippen molar-refractivity contribution < 1.29 is 19.1 Å². The lowest BCUT2D eigenvalue weighted by Gasteiger charge is -2.24. The fourth-order valence-electron chi connectivity index (χ4n) is 4.02. The number of thiazole rings is 1. The Bertz CT molecular complexity index is 1490. The number of hydrogen-bond acceptors (Lipinski definition) is 7. The summed E-state index contributed by atoms with van der Waals surface area (Å²) in [7, 11) is 1.30. The molecule has 180 valence electrons. The Labute approximate surface area is 206 Å². The number of nitrogens with zero attached hydrogens (tertiary/aromatic N) is 2. The minimum absolute atomic E-state index is 0.246. The van der Waals surface area contributed by atoms with Gasteiger partial charge in [0.15, 0.2) is 4.80 Å². The normalized spacial score (nSPS) is 15.6. The van der Waals surface area contributed by atoms with E-state index in [0.717, 1.165) is 5.56 Å². The number of methoxy groups -OCH3 is 1. The first-order chi connectivity index (χ1) is 16.7. The standard InChI is InChI=1S/C27H26N2O5S/c1-15(2)19-8-6-18(7-9-19)14-22-25(31)29-24(20-10-12-21(13-11-20)34-17(4)30)23(26(32)33-5)16(3)28-27(29)35-22/h6-15,24H,1-5H3/b22-14+/t24-/m0/s1. The molecular formula is C27H26N2O5S. The van der Waals surface area contributed by atoms with Crippen LogP contribution in [0.1, 0.15) is 56.3 Å². The maximum atomic E-state index is 13.6. The average molecular weight is 491 g/mol. The van der Waals surface area contributed by atoms with Gasteiger partial charge in [0, 0.05) is 6.92 Å². The second-order valence-corrected chi connectivity index (χ2v) is 9.57. The van der Waals surface area contributed by atoms with E-state index in [1.807, 2.05) is 18.2 Å². The highest BCUT2D eigenvalue weighted by molar-refractivity contribution is 7.07. The Morgan fingerprint density at radius 2 is 1.74 bits per heavy atom. The van der Waals surface area contributed by atoms with Crippen LogP contribution in [0.4, 0.5) is 0 Å². The van der Waals surface area contributed by atoms with Crippen LogP contribution in [0.5, 0.6) is 5.75 Å². The van der Waals surface area contributed by atoms with Gasteiger partial charge < -0.3 is 9.47 Å². The van der Waals surface area contributed by atoms with Crippen LogP contribution in [0.25, 0.3) is 6.08 Å². The van der Waals surface area contributed by atoms with Gasteiger partial charge in [0.2, 0.25) is 0 Å². The summed E-state index contributed by atoms with van der Waals surface area (Å²) in [6.45, 7) is 7.32. The summed E-state index contributed by atoms with van der Waals surface area (Å²) in [6.07, 6.45) is 1.84. The molecule has 3 aromatic rings. The molecule has 2 heterocycles. The van der Waals surface area contributed by atoms with Crippen LogP contribution in [0.2, 0.25) is 0 Å². The fourth-order valence-corrected chi connectivity index (χ4v) is 5.07. The minimum atomic E-state index is -0.726. The van der Waals surface area contributed by atoms with Crippen molar-refractivity contribution in [1.82, 2.24) is 4.57 Å². The van der Waals surface area contributed by atoms with E-state index >= 15 is 0 Å². The van der Waals surface area contributed by atoms with Crippen molar-refractivity contribution in [3.63, 3.8) is 0 Å². The quantitative estimate of drug-likeness (QED) is 0.404. The van der Waals surface area contributed by atoms with Gasteiger partial charge in [-0.3, -0.25) is 14.2 Å². The molecule has 0 unspecified atom stereocenters. The van der Waals surface area contributed by atoms with Crippen molar-refractivity contribution in [2.45, 2.75) is 39.7 Å². The first-order valence-electron chi connectivity index (χ1n) is 11.2. The van der Waals surface area contributed by atoms with Gasteiger partial charge in [-0.2, -0.15) is 0 Å². The van der Waals surface area contributed by atoms with Crippen LogP contribution in [-0.2, 0) is 14.3 Å². The van der Waals surface area contributed by atoms with E-state index in [9.17, 15) is 14.4 Å². The smallest absolute Gasteiger partial charge is 0.338 e. The second kappa shape index (κ2) is 9.84. The molecule has 0 bridgehead atoms. The minimum Gasteiger partial charge on any atom is -0.466 e. The van der Waals surface area contributed by atoms with Crippen LogP contribution in [0.15, 0.2) is 69.6 Å². The summed E-state index contributed by atoms with van der Waals surface area (Å²) < 4.78 is 12.2. The van der Waals surface area contributed by atoms with Gasteiger partial charge in [0.1, 0.15) is 5.75 Å². The highest BCUT2D eigenvalue weighted by Gasteiger charge is 2.33. The number of carbonyl (C=O) groups is 2. The molecule has 1 aliphatic rings. The molecule has 0 N–H and O–H groups in total. The van der Waals surface area contributed by atoms with Gasteiger partial charge in [-0.25, -0.2) is 9.79 Å². The zero-order valence-electron chi connectivity index (χ0n) is 20.2. The summed E-state index contributed by atoms with van der Waals surface area (Å²) in [4.78, 5) is 42.7. The van der Waals surface area contributed by atoms with Gasteiger partial charge >= 0.3 is 11.9 Å². The maximum Gasteiger partial charge on any atom is 0.338 e. The molecule has 1 aliphatic heterocycles. The third-order valence-corrected chi connectivity index (χ3v) is 6.77. The van der Waals surface area contributed by atoms with E-state index in [1.165, 1.54) is 35.5 Å². The Kier molecular flexibility index (Phi) is 6.84. The molecule has 0 fully saturated rings. The first-order valence-corrected chi connectivity index (χ1v) is 12.0. The number of ether oxygens (including phenoxy) is 2. The Hall–Kier alpha value is -3.78. The van der Waals surface area contributed by atoms with E-state index < -0.39 is 18.0 Å². The maximum absolute atomic E-state index is 13.6.